The van der Waals surface area contributed by atoms with Crippen molar-refractivity contribution in [3.05, 3.63) is 35.9 Å². The topological polar surface area (TPSA) is 35.6 Å². The molecule has 0 atom stereocenters. The highest BCUT2D eigenvalue weighted by molar-refractivity contribution is 5.97. The van der Waals surface area contributed by atoms with E-state index in [0.717, 1.165) is 43.9 Å². The fraction of sp³-hybridized carbons (Fsp3) is 0.471. The monoisotopic (exact) mass is 285 g/mol. The van der Waals surface area contributed by atoms with Crippen LogP contribution in [0.15, 0.2) is 30.4 Å². The van der Waals surface area contributed by atoms with Gasteiger partial charge in [-0.2, -0.15) is 0 Å². The zero-order valence-electron chi connectivity index (χ0n) is 12.7. The van der Waals surface area contributed by atoms with E-state index in [-0.39, 0.29) is 5.91 Å². The number of nitrogens with one attached hydrogen (secondary N) is 1. The summed E-state index contributed by atoms with van der Waals surface area (Å²) in [5.74, 6) is 0.209. The summed E-state index contributed by atoms with van der Waals surface area (Å²) in [6.45, 7) is 10.7. The Labute approximate surface area is 126 Å². The lowest BCUT2D eigenvalue weighted by molar-refractivity contribution is -0.118. The second-order valence-corrected chi connectivity index (χ2v) is 5.99. The number of hydrogen-bond acceptors (Lipinski definition) is 3. The maximum atomic E-state index is 12.1. The van der Waals surface area contributed by atoms with Crippen molar-refractivity contribution in [3.8, 4) is 0 Å². The van der Waals surface area contributed by atoms with Crippen molar-refractivity contribution in [2.75, 3.05) is 42.5 Å². The molecule has 21 heavy (non-hydrogen) atoms. The summed E-state index contributed by atoms with van der Waals surface area (Å²) in [7, 11) is 0. The lowest BCUT2D eigenvalue weighted by Crippen LogP contribution is -2.43. The van der Waals surface area contributed by atoms with Crippen molar-refractivity contribution in [1.29, 1.82) is 0 Å². The first kappa shape index (κ1) is 14.1. The Morgan fingerprint density at radius 2 is 2.05 bits per heavy atom. The van der Waals surface area contributed by atoms with Gasteiger partial charge in [-0.1, -0.05) is 12.2 Å². The SMILES string of the molecule is C=C(C)CN1C(=O)CCc2cc(N3CCNCC3)ccc21. The molecule has 1 fully saturated rings. The van der Waals surface area contributed by atoms with Gasteiger partial charge in [-0.3, -0.25) is 4.79 Å². The van der Waals surface area contributed by atoms with Crippen LogP contribution in [0.2, 0.25) is 0 Å². The molecule has 3 rings (SSSR count). The molecule has 2 aliphatic rings. The predicted octanol–water partition coefficient (Wildman–Crippen LogP) is 1.95. The van der Waals surface area contributed by atoms with Crippen molar-refractivity contribution in [1.82, 2.24) is 5.32 Å². The number of hydrogen-bond donors (Lipinski definition) is 1. The quantitative estimate of drug-likeness (QED) is 0.862. The van der Waals surface area contributed by atoms with E-state index in [1.54, 1.807) is 0 Å². The van der Waals surface area contributed by atoms with Gasteiger partial charge in [0.25, 0.3) is 0 Å². The van der Waals surface area contributed by atoms with Gasteiger partial charge in [0.15, 0.2) is 0 Å². The van der Waals surface area contributed by atoms with Crippen LogP contribution in [-0.4, -0.2) is 38.6 Å². The largest absolute Gasteiger partial charge is 0.369 e. The molecule has 0 unspecified atom stereocenters. The van der Waals surface area contributed by atoms with Gasteiger partial charge in [0, 0.05) is 50.5 Å². The normalized spacial score (nSPS) is 18.6. The third kappa shape index (κ3) is 2.95. The van der Waals surface area contributed by atoms with E-state index in [4.69, 9.17) is 0 Å². The van der Waals surface area contributed by atoms with Crippen LogP contribution in [0.5, 0.6) is 0 Å². The lowest BCUT2D eigenvalue weighted by Gasteiger charge is -2.33. The average molecular weight is 285 g/mol. The molecule has 2 aliphatic heterocycles. The van der Waals surface area contributed by atoms with E-state index in [0.29, 0.717) is 13.0 Å². The number of nitrogens with zero attached hydrogens (tertiary/aromatic N) is 2. The van der Waals surface area contributed by atoms with Crippen LogP contribution in [0.4, 0.5) is 11.4 Å². The number of benzene rings is 1. The van der Waals surface area contributed by atoms with Crippen molar-refractivity contribution >= 4 is 17.3 Å². The number of piperazine rings is 1. The molecular weight excluding hydrogens is 262 g/mol. The van der Waals surface area contributed by atoms with Crippen LogP contribution in [-0.2, 0) is 11.2 Å². The molecule has 0 spiro atoms. The number of aryl methyl sites for hydroxylation is 1. The van der Waals surface area contributed by atoms with Crippen LogP contribution in [0.3, 0.4) is 0 Å². The van der Waals surface area contributed by atoms with Crippen molar-refractivity contribution in [2.24, 2.45) is 0 Å². The highest BCUT2D eigenvalue weighted by Gasteiger charge is 2.24. The minimum Gasteiger partial charge on any atom is -0.369 e. The number of carbonyl (C=O) groups excluding carboxylic acids is 1. The third-order valence-electron chi connectivity index (χ3n) is 4.17. The minimum absolute atomic E-state index is 0.209. The van der Waals surface area contributed by atoms with Gasteiger partial charge in [0.2, 0.25) is 5.91 Å². The Balaban J connectivity index is 1.88. The molecule has 1 aromatic carbocycles. The molecular formula is C17H23N3O. The molecule has 0 aliphatic carbocycles. The molecule has 1 saturated heterocycles. The fourth-order valence-corrected chi connectivity index (χ4v) is 3.11. The van der Waals surface area contributed by atoms with Gasteiger partial charge in [0.1, 0.15) is 0 Å². The van der Waals surface area contributed by atoms with E-state index in [2.05, 4.69) is 35.0 Å². The van der Waals surface area contributed by atoms with E-state index in [9.17, 15) is 4.79 Å². The number of anilines is 2. The van der Waals surface area contributed by atoms with Crippen LogP contribution >= 0.6 is 0 Å². The van der Waals surface area contributed by atoms with E-state index in [1.165, 1.54) is 11.3 Å². The molecule has 4 nitrogen and oxygen atoms in total. The molecule has 1 N–H and O–H groups in total. The number of carbonyl (C=O) groups is 1. The van der Waals surface area contributed by atoms with E-state index < -0.39 is 0 Å². The molecule has 0 saturated carbocycles. The second kappa shape index (κ2) is 5.90. The zero-order valence-corrected chi connectivity index (χ0v) is 12.7. The maximum Gasteiger partial charge on any atom is 0.227 e. The average Bonchev–Trinajstić information content (AvgIpc) is 2.50. The van der Waals surface area contributed by atoms with E-state index in [1.807, 2.05) is 11.8 Å². The molecule has 0 bridgehead atoms. The van der Waals surface area contributed by atoms with Gasteiger partial charge in [-0.15, -0.1) is 0 Å². The molecule has 1 amide bonds. The predicted molar refractivity (Wildman–Crippen MR) is 87.0 cm³/mol. The molecule has 112 valence electrons. The van der Waals surface area contributed by atoms with Gasteiger partial charge in [-0.25, -0.2) is 0 Å². The zero-order chi connectivity index (χ0) is 14.8. The van der Waals surface area contributed by atoms with Gasteiger partial charge in [0.05, 0.1) is 0 Å². The van der Waals surface area contributed by atoms with Crippen LogP contribution < -0.4 is 15.1 Å². The number of rotatable bonds is 3. The van der Waals surface area contributed by atoms with E-state index >= 15 is 0 Å². The maximum absolute atomic E-state index is 12.1. The Bertz CT molecular complexity index is 561. The Kier molecular flexibility index (Phi) is 3.97. The minimum atomic E-state index is 0.209. The fourth-order valence-electron chi connectivity index (χ4n) is 3.11. The summed E-state index contributed by atoms with van der Waals surface area (Å²) in [5.41, 5.74) is 4.64. The van der Waals surface area contributed by atoms with Gasteiger partial charge in [-0.05, 0) is 37.1 Å². The lowest BCUT2D eigenvalue weighted by atomic mass is 9.99. The number of fused-ring (bicyclic) bond motifs is 1. The van der Waals surface area contributed by atoms with Crippen molar-refractivity contribution in [2.45, 2.75) is 19.8 Å². The standard InChI is InChI=1S/C17H23N3O/c1-13(2)12-20-16-5-4-15(19-9-7-18-8-10-19)11-14(16)3-6-17(20)21/h4-5,11,18H,1,3,6-10,12H2,2H3. The first-order valence-electron chi connectivity index (χ1n) is 7.68. The summed E-state index contributed by atoms with van der Waals surface area (Å²) < 4.78 is 0. The van der Waals surface area contributed by atoms with Crippen LogP contribution in [0.1, 0.15) is 18.9 Å². The summed E-state index contributed by atoms with van der Waals surface area (Å²) >= 11 is 0. The Morgan fingerprint density at radius 1 is 1.29 bits per heavy atom. The molecule has 0 aromatic heterocycles. The molecule has 2 heterocycles. The summed E-state index contributed by atoms with van der Waals surface area (Å²) in [5, 5.41) is 3.38. The number of amides is 1. The summed E-state index contributed by atoms with van der Waals surface area (Å²) in [4.78, 5) is 16.4. The smallest absolute Gasteiger partial charge is 0.227 e. The van der Waals surface area contributed by atoms with Crippen LogP contribution in [0, 0.1) is 0 Å². The molecule has 0 radical (unpaired) electrons. The van der Waals surface area contributed by atoms with Crippen molar-refractivity contribution in [3.63, 3.8) is 0 Å². The van der Waals surface area contributed by atoms with Gasteiger partial charge < -0.3 is 15.1 Å². The third-order valence-corrected chi connectivity index (χ3v) is 4.17. The second-order valence-electron chi connectivity index (χ2n) is 5.99. The summed E-state index contributed by atoms with van der Waals surface area (Å²) in [6, 6.07) is 6.51. The summed E-state index contributed by atoms with van der Waals surface area (Å²) in [6.07, 6.45) is 1.45. The first-order chi connectivity index (χ1) is 10.1. The van der Waals surface area contributed by atoms with Crippen LogP contribution in [0.25, 0.3) is 0 Å². The highest BCUT2D eigenvalue weighted by Crippen LogP contribution is 2.32. The Hall–Kier alpha value is -1.81. The van der Waals surface area contributed by atoms with Crippen molar-refractivity contribution < 1.29 is 4.79 Å². The molecule has 1 aromatic rings. The molecule has 4 heteroatoms. The Morgan fingerprint density at radius 3 is 2.76 bits per heavy atom. The van der Waals surface area contributed by atoms with Gasteiger partial charge >= 0.3 is 0 Å². The first-order valence-corrected chi connectivity index (χ1v) is 7.68. The highest BCUT2D eigenvalue weighted by atomic mass is 16.2.